The molecule has 1 aliphatic carbocycles. The summed E-state index contributed by atoms with van der Waals surface area (Å²) in [6.45, 7) is 0. The van der Waals surface area contributed by atoms with Crippen LogP contribution < -0.4 is 0 Å². The largest absolute Gasteiger partial charge is 0.377 e. The minimum Gasteiger partial charge on any atom is -0.377 e. The maximum absolute atomic E-state index is 9.04. The zero-order valence-corrected chi connectivity index (χ0v) is 7.16. The Morgan fingerprint density at radius 3 is 3.00 bits per heavy atom. The summed E-state index contributed by atoms with van der Waals surface area (Å²) in [4.78, 5) is 0. The highest BCUT2D eigenvalue weighted by molar-refractivity contribution is 5.23. The summed E-state index contributed by atoms with van der Waals surface area (Å²) in [5.41, 5.74) is 1.30. The third-order valence-electron chi connectivity index (χ3n) is 1.99. The molecule has 0 aromatic heterocycles. The molecule has 0 spiro atoms. The Kier molecular flexibility index (Phi) is 3.63. The molecule has 0 aromatic rings. The van der Waals surface area contributed by atoms with Crippen LogP contribution in [0.3, 0.4) is 0 Å². The molecule has 1 aliphatic rings. The summed E-state index contributed by atoms with van der Waals surface area (Å²) in [5, 5.41) is 9.04. The highest BCUT2D eigenvalue weighted by Gasteiger charge is 1.99. The highest BCUT2D eigenvalue weighted by atomic mass is 16.3. The molecule has 1 nitrogen and oxygen atoms in total. The zero-order valence-electron chi connectivity index (χ0n) is 7.16. The van der Waals surface area contributed by atoms with Gasteiger partial charge in [-0.15, -0.1) is 6.42 Å². The first-order valence-electron chi connectivity index (χ1n) is 4.34. The summed E-state index contributed by atoms with van der Waals surface area (Å²) in [6, 6.07) is 0. The third-order valence-corrected chi connectivity index (χ3v) is 1.99. The summed E-state index contributed by atoms with van der Waals surface area (Å²) in [5.74, 6) is 2.25. The van der Waals surface area contributed by atoms with Crippen LogP contribution in [0.25, 0.3) is 0 Å². The number of allylic oxidation sites excluding steroid dienone is 3. The van der Waals surface area contributed by atoms with E-state index in [1.54, 1.807) is 6.08 Å². The molecule has 12 heavy (non-hydrogen) atoms. The molecule has 0 aromatic carbocycles. The van der Waals surface area contributed by atoms with Crippen molar-refractivity contribution in [1.82, 2.24) is 0 Å². The molecule has 0 saturated carbocycles. The number of terminal acetylenes is 1. The van der Waals surface area contributed by atoms with Crippen LogP contribution in [-0.4, -0.2) is 11.2 Å². The second-order valence-electron chi connectivity index (χ2n) is 3.00. The average molecular weight is 162 g/mol. The molecule has 0 amide bonds. The third kappa shape index (κ3) is 2.94. The van der Waals surface area contributed by atoms with E-state index in [-0.39, 0.29) is 0 Å². The van der Waals surface area contributed by atoms with Crippen LogP contribution in [0.15, 0.2) is 23.8 Å². The van der Waals surface area contributed by atoms with E-state index >= 15 is 0 Å². The Morgan fingerprint density at radius 2 is 2.42 bits per heavy atom. The van der Waals surface area contributed by atoms with Crippen LogP contribution in [0.5, 0.6) is 0 Å². The molecular formula is C11H14O. The van der Waals surface area contributed by atoms with E-state index in [9.17, 15) is 0 Å². The van der Waals surface area contributed by atoms with Gasteiger partial charge in [0, 0.05) is 0 Å². The van der Waals surface area contributed by atoms with Gasteiger partial charge in [-0.2, -0.15) is 0 Å². The molecule has 64 valence electrons. The SMILES string of the molecule is C#CC(O)C=CC1=CCCCC1. The second-order valence-corrected chi connectivity index (χ2v) is 3.00. The first kappa shape index (κ1) is 9.09. The van der Waals surface area contributed by atoms with Crippen LogP contribution >= 0.6 is 0 Å². The molecule has 0 fully saturated rings. The van der Waals surface area contributed by atoms with Crippen molar-refractivity contribution in [3.8, 4) is 12.3 Å². The number of hydrogen-bond donors (Lipinski definition) is 1. The van der Waals surface area contributed by atoms with E-state index in [0.717, 1.165) is 12.8 Å². The molecular weight excluding hydrogens is 148 g/mol. The minimum absolute atomic E-state index is 0.729. The van der Waals surface area contributed by atoms with Gasteiger partial charge in [-0.3, -0.25) is 0 Å². The predicted molar refractivity (Wildman–Crippen MR) is 50.5 cm³/mol. The van der Waals surface area contributed by atoms with Crippen molar-refractivity contribution in [2.45, 2.75) is 31.8 Å². The smallest absolute Gasteiger partial charge is 0.133 e. The lowest BCUT2D eigenvalue weighted by Crippen LogP contribution is -1.96. The first-order chi connectivity index (χ1) is 5.83. The Balaban J connectivity index is 2.45. The topological polar surface area (TPSA) is 20.2 Å². The Hall–Kier alpha value is -1.00. The summed E-state index contributed by atoms with van der Waals surface area (Å²) in [6.07, 6.45) is 14.9. The van der Waals surface area contributed by atoms with Crippen molar-refractivity contribution in [1.29, 1.82) is 0 Å². The quantitative estimate of drug-likeness (QED) is 0.616. The summed E-state index contributed by atoms with van der Waals surface area (Å²) >= 11 is 0. The number of rotatable bonds is 2. The van der Waals surface area contributed by atoms with Gasteiger partial charge in [0.1, 0.15) is 6.10 Å². The lowest BCUT2D eigenvalue weighted by Gasteiger charge is -2.08. The fourth-order valence-electron chi connectivity index (χ4n) is 1.28. The van der Waals surface area contributed by atoms with Gasteiger partial charge in [-0.1, -0.05) is 23.6 Å². The lowest BCUT2D eigenvalue weighted by atomic mass is 9.99. The zero-order chi connectivity index (χ0) is 8.81. The van der Waals surface area contributed by atoms with Crippen molar-refractivity contribution >= 4 is 0 Å². The molecule has 1 atom stereocenters. The maximum atomic E-state index is 9.04. The Labute approximate surface area is 73.8 Å². The number of hydrogen-bond acceptors (Lipinski definition) is 1. The lowest BCUT2D eigenvalue weighted by molar-refractivity contribution is 0.281. The maximum Gasteiger partial charge on any atom is 0.133 e. The molecule has 0 aliphatic heterocycles. The number of aliphatic hydroxyl groups excluding tert-OH is 1. The molecule has 1 N–H and O–H groups in total. The molecule has 0 bridgehead atoms. The Morgan fingerprint density at radius 1 is 1.58 bits per heavy atom. The van der Waals surface area contributed by atoms with Crippen molar-refractivity contribution < 1.29 is 5.11 Å². The van der Waals surface area contributed by atoms with E-state index in [0.29, 0.717) is 0 Å². The van der Waals surface area contributed by atoms with Gasteiger partial charge in [-0.25, -0.2) is 0 Å². The number of aliphatic hydroxyl groups is 1. The summed E-state index contributed by atoms with van der Waals surface area (Å²) in [7, 11) is 0. The second kappa shape index (κ2) is 4.79. The molecule has 1 rings (SSSR count). The summed E-state index contributed by atoms with van der Waals surface area (Å²) < 4.78 is 0. The van der Waals surface area contributed by atoms with Crippen LogP contribution in [0.1, 0.15) is 25.7 Å². The molecule has 1 unspecified atom stereocenters. The fourth-order valence-corrected chi connectivity index (χ4v) is 1.28. The van der Waals surface area contributed by atoms with Crippen molar-refractivity contribution in [2.75, 3.05) is 0 Å². The first-order valence-corrected chi connectivity index (χ1v) is 4.34. The van der Waals surface area contributed by atoms with Crippen LogP contribution in [0.4, 0.5) is 0 Å². The van der Waals surface area contributed by atoms with Gasteiger partial charge in [0.05, 0.1) is 0 Å². The van der Waals surface area contributed by atoms with E-state index < -0.39 is 6.10 Å². The molecule has 0 radical (unpaired) electrons. The monoisotopic (exact) mass is 162 g/mol. The van der Waals surface area contributed by atoms with Gasteiger partial charge in [0.2, 0.25) is 0 Å². The fraction of sp³-hybridized carbons (Fsp3) is 0.455. The van der Waals surface area contributed by atoms with Crippen LogP contribution in [0.2, 0.25) is 0 Å². The van der Waals surface area contributed by atoms with E-state index in [4.69, 9.17) is 11.5 Å². The van der Waals surface area contributed by atoms with Crippen molar-refractivity contribution in [2.24, 2.45) is 0 Å². The van der Waals surface area contributed by atoms with Gasteiger partial charge in [-0.05, 0) is 31.8 Å². The van der Waals surface area contributed by atoms with E-state index in [2.05, 4.69) is 12.0 Å². The van der Waals surface area contributed by atoms with Gasteiger partial charge in [0.25, 0.3) is 0 Å². The van der Waals surface area contributed by atoms with Crippen LogP contribution in [-0.2, 0) is 0 Å². The predicted octanol–water partition coefficient (Wildman–Crippen LogP) is 2.04. The highest BCUT2D eigenvalue weighted by Crippen LogP contribution is 2.18. The van der Waals surface area contributed by atoms with Crippen molar-refractivity contribution in [3.05, 3.63) is 23.8 Å². The van der Waals surface area contributed by atoms with E-state index in [1.807, 2.05) is 6.08 Å². The van der Waals surface area contributed by atoms with Gasteiger partial charge < -0.3 is 5.11 Å². The van der Waals surface area contributed by atoms with E-state index in [1.165, 1.54) is 18.4 Å². The minimum atomic E-state index is -0.729. The molecule has 0 saturated heterocycles. The van der Waals surface area contributed by atoms with Gasteiger partial charge in [0.15, 0.2) is 0 Å². The molecule has 0 heterocycles. The standard InChI is InChI=1S/C11H14O/c1-2-11(12)9-8-10-6-4-3-5-7-10/h1,6,8-9,11-12H,3-5,7H2. The normalized spacial score (nSPS) is 20.2. The Bertz CT molecular complexity index is 230. The van der Waals surface area contributed by atoms with Gasteiger partial charge >= 0.3 is 0 Å². The van der Waals surface area contributed by atoms with Crippen LogP contribution in [0, 0.1) is 12.3 Å². The average Bonchev–Trinajstić information content (AvgIpc) is 2.16. The molecule has 1 heteroatoms. The van der Waals surface area contributed by atoms with Crippen molar-refractivity contribution in [3.63, 3.8) is 0 Å².